The Labute approximate surface area is 187 Å². The van der Waals surface area contributed by atoms with Gasteiger partial charge in [0.15, 0.2) is 0 Å². The van der Waals surface area contributed by atoms with Gasteiger partial charge in [-0.1, -0.05) is 104 Å². The number of benzene rings is 1. The molecule has 0 aromatic heterocycles. The van der Waals surface area contributed by atoms with Gasteiger partial charge >= 0.3 is 0 Å². The summed E-state index contributed by atoms with van der Waals surface area (Å²) >= 11 is 0. The third-order valence-corrected chi connectivity index (χ3v) is 3.56. The van der Waals surface area contributed by atoms with Crippen molar-refractivity contribution in [3.8, 4) is 0 Å². The van der Waals surface area contributed by atoms with Crippen LogP contribution in [-0.4, -0.2) is 17.9 Å². The van der Waals surface area contributed by atoms with Crippen molar-refractivity contribution >= 4 is 17.5 Å². The minimum absolute atomic E-state index is 0.155. The number of hydrogen-bond donors (Lipinski definition) is 1. The molecule has 4 nitrogen and oxygen atoms in total. The Kier molecular flexibility index (Phi) is 28.9. The SMILES string of the molecule is C/C=C(C)\C=C/C(C)C(=O)N(c1ccccc1)C(C)C(N)=O.CC.CC.CC.CC. The Bertz CT molecular complexity index is 578. The van der Waals surface area contributed by atoms with Gasteiger partial charge in [-0.15, -0.1) is 0 Å². The topological polar surface area (TPSA) is 63.4 Å². The summed E-state index contributed by atoms with van der Waals surface area (Å²) in [7, 11) is 0. The molecular formula is C26H48N2O2. The zero-order chi connectivity index (χ0) is 24.7. The van der Waals surface area contributed by atoms with Crippen molar-refractivity contribution < 1.29 is 9.59 Å². The van der Waals surface area contributed by atoms with E-state index in [9.17, 15) is 9.59 Å². The second-order valence-corrected chi connectivity index (χ2v) is 5.30. The van der Waals surface area contributed by atoms with Crippen LogP contribution in [0.3, 0.4) is 0 Å². The number of rotatable bonds is 6. The third kappa shape index (κ3) is 14.6. The van der Waals surface area contributed by atoms with Gasteiger partial charge < -0.3 is 5.73 Å². The van der Waals surface area contributed by atoms with Crippen LogP contribution < -0.4 is 10.6 Å². The van der Waals surface area contributed by atoms with E-state index >= 15 is 0 Å². The molecular weight excluding hydrogens is 372 g/mol. The number of para-hydroxylation sites is 1. The number of carbonyl (C=O) groups is 2. The maximum absolute atomic E-state index is 12.7. The van der Waals surface area contributed by atoms with Gasteiger partial charge in [0.2, 0.25) is 11.8 Å². The molecule has 1 aromatic carbocycles. The summed E-state index contributed by atoms with van der Waals surface area (Å²) < 4.78 is 0. The zero-order valence-corrected chi connectivity index (χ0v) is 21.6. The third-order valence-electron chi connectivity index (χ3n) is 3.56. The lowest BCUT2D eigenvalue weighted by molar-refractivity contribution is -0.125. The first-order chi connectivity index (χ1) is 14.4. The Morgan fingerprint density at radius 1 is 0.900 bits per heavy atom. The highest BCUT2D eigenvalue weighted by Crippen LogP contribution is 2.20. The van der Waals surface area contributed by atoms with Crippen molar-refractivity contribution in [1.82, 2.24) is 0 Å². The molecule has 0 radical (unpaired) electrons. The van der Waals surface area contributed by atoms with Crippen LogP contribution in [0.1, 0.15) is 83.1 Å². The molecule has 1 rings (SSSR count). The van der Waals surface area contributed by atoms with Crippen LogP contribution in [0.2, 0.25) is 0 Å². The maximum atomic E-state index is 12.7. The Balaban J connectivity index is -0.000000376. The fourth-order valence-corrected chi connectivity index (χ4v) is 1.95. The molecule has 0 heterocycles. The van der Waals surface area contributed by atoms with Crippen molar-refractivity contribution in [3.63, 3.8) is 0 Å². The van der Waals surface area contributed by atoms with Crippen LogP contribution in [0.25, 0.3) is 0 Å². The number of allylic oxidation sites excluding steroid dienone is 3. The zero-order valence-electron chi connectivity index (χ0n) is 21.6. The van der Waals surface area contributed by atoms with E-state index in [1.54, 1.807) is 19.1 Å². The summed E-state index contributed by atoms with van der Waals surface area (Å²) in [5, 5.41) is 0. The standard InChI is InChI=1S/C18H24N2O2.4C2H6/c1-5-13(2)11-12-14(3)18(22)20(15(4)17(19)21)16-9-7-6-8-10-16;4*1-2/h5-12,14-15H,1-4H3,(H2,19,21);4*1-2H3/b12-11-,13-5-;;;;. The first-order valence-electron chi connectivity index (χ1n) is 11.4. The van der Waals surface area contributed by atoms with E-state index in [4.69, 9.17) is 5.73 Å². The molecule has 30 heavy (non-hydrogen) atoms. The molecule has 174 valence electrons. The van der Waals surface area contributed by atoms with E-state index in [-0.39, 0.29) is 11.8 Å². The molecule has 1 aromatic rings. The molecule has 0 spiro atoms. The summed E-state index contributed by atoms with van der Waals surface area (Å²) in [5.41, 5.74) is 7.14. The molecule has 2 unspecified atom stereocenters. The van der Waals surface area contributed by atoms with Gasteiger partial charge in [-0.05, 0) is 32.9 Å². The monoisotopic (exact) mass is 420 g/mol. The van der Waals surface area contributed by atoms with Gasteiger partial charge in [-0.2, -0.15) is 0 Å². The minimum atomic E-state index is -0.700. The van der Waals surface area contributed by atoms with Crippen LogP contribution in [0.4, 0.5) is 5.69 Å². The average Bonchev–Trinajstić information content (AvgIpc) is 2.83. The molecule has 0 aliphatic heterocycles. The van der Waals surface area contributed by atoms with Gasteiger partial charge in [-0.3, -0.25) is 14.5 Å². The van der Waals surface area contributed by atoms with E-state index in [1.807, 2.05) is 113 Å². The number of primary amides is 1. The molecule has 2 amide bonds. The summed E-state index contributed by atoms with van der Waals surface area (Å²) in [5.74, 6) is -1.03. The summed E-state index contributed by atoms with van der Waals surface area (Å²) in [6.45, 7) is 23.4. The number of nitrogens with zero attached hydrogens (tertiary/aromatic N) is 1. The van der Waals surface area contributed by atoms with Gasteiger partial charge in [-0.25, -0.2) is 0 Å². The molecule has 0 bridgehead atoms. The fraction of sp³-hybridized carbons (Fsp3) is 0.538. The lowest BCUT2D eigenvalue weighted by Gasteiger charge is -2.29. The molecule has 2 N–H and O–H groups in total. The number of amides is 2. The Morgan fingerprint density at radius 3 is 1.70 bits per heavy atom. The van der Waals surface area contributed by atoms with E-state index in [2.05, 4.69) is 0 Å². The molecule has 0 fully saturated rings. The van der Waals surface area contributed by atoms with E-state index in [0.29, 0.717) is 5.69 Å². The van der Waals surface area contributed by atoms with Crippen molar-refractivity contribution in [2.75, 3.05) is 4.90 Å². The molecule has 0 saturated carbocycles. The van der Waals surface area contributed by atoms with Gasteiger partial charge in [0, 0.05) is 5.69 Å². The average molecular weight is 421 g/mol. The van der Waals surface area contributed by atoms with Crippen LogP contribution in [0.5, 0.6) is 0 Å². The van der Waals surface area contributed by atoms with Crippen molar-refractivity contribution in [2.24, 2.45) is 11.7 Å². The normalized spacial score (nSPS) is 11.5. The summed E-state index contributed by atoms with van der Waals surface area (Å²) in [6, 6.07) is 8.41. The number of hydrogen-bond acceptors (Lipinski definition) is 2. The van der Waals surface area contributed by atoms with Crippen LogP contribution in [-0.2, 0) is 9.59 Å². The molecule has 0 aliphatic carbocycles. The largest absolute Gasteiger partial charge is 0.368 e. The lowest BCUT2D eigenvalue weighted by atomic mass is 10.1. The maximum Gasteiger partial charge on any atom is 0.240 e. The lowest BCUT2D eigenvalue weighted by Crippen LogP contribution is -2.48. The molecule has 4 heteroatoms. The van der Waals surface area contributed by atoms with Crippen LogP contribution in [0, 0.1) is 5.92 Å². The van der Waals surface area contributed by atoms with Gasteiger partial charge in [0.05, 0.1) is 5.92 Å². The number of nitrogens with two attached hydrogens (primary N) is 1. The predicted molar refractivity (Wildman–Crippen MR) is 136 cm³/mol. The number of carbonyl (C=O) groups excluding carboxylic acids is 2. The van der Waals surface area contributed by atoms with E-state index in [0.717, 1.165) is 5.57 Å². The quantitative estimate of drug-likeness (QED) is 0.496. The van der Waals surface area contributed by atoms with Crippen molar-refractivity contribution in [3.05, 3.63) is 54.1 Å². The Morgan fingerprint density at radius 2 is 1.33 bits per heavy atom. The first kappa shape index (κ1) is 35.1. The second kappa shape index (κ2) is 24.7. The van der Waals surface area contributed by atoms with Gasteiger partial charge in [0.25, 0.3) is 0 Å². The van der Waals surface area contributed by atoms with Crippen molar-refractivity contribution in [1.29, 1.82) is 0 Å². The van der Waals surface area contributed by atoms with E-state index in [1.165, 1.54) is 4.90 Å². The molecule has 0 saturated heterocycles. The Hall–Kier alpha value is -2.36. The first-order valence-corrected chi connectivity index (χ1v) is 11.4. The smallest absolute Gasteiger partial charge is 0.240 e. The van der Waals surface area contributed by atoms with Gasteiger partial charge in [0.1, 0.15) is 6.04 Å². The highest BCUT2D eigenvalue weighted by molar-refractivity contribution is 6.01. The minimum Gasteiger partial charge on any atom is -0.368 e. The highest BCUT2D eigenvalue weighted by atomic mass is 16.2. The van der Waals surface area contributed by atoms with Crippen LogP contribution in [0.15, 0.2) is 54.1 Å². The summed E-state index contributed by atoms with van der Waals surface area (Å²) in [4.78, 5) is 25.8. The number of anilines is 1. The highest BCUT2D eigenvalue weighted by Gasteiger charge is 2.28. The fourth-order valence-electron chi connectivity index (χ4n) is 1.95. The molecule has 2 atom stereocenters. The summed E-state index contributed by atoms with van der Waals surface area (Å²) in [6.07, 6.45) is 5.71. The molecule has 0 aliphatic rings. The second-order valence-electron chi connectivity index (χ2n) is 5.30. The van der Waals surface area contributed by atoms with Crippen LogP contribution >= 0.6 is 0 Å². The van der Waals surface area contributed by atoms with E-state index < -0.39 is 11.9 Å². The predicted octanol–water partition coefficient (Wildman–Crippen LogP) is 7.16. The van der Waals surface area contributed by atoms with Crippen molar-refractivity contribution in [2.45, 2.75) is 89.1 Å².